The van der Waals surface area contributed by atoms with Gasteiger partial charge in [0.05, 0.1) is 6.54 Å². The monoisotopic (exact) mass is 213 g/mol. The molecule has 0 radical (unpaired) electrons. The minimum absolute atomic E-state index is 0.446. The summed E-state index contributed by atoms with van der Waals surface area (Å²) >= 11 is 0. The van der Waals surface area contributed by atoms with E-state index in [9.17, 15) is 0 Å². The average Bonchev–Trinajstić information content (AvgIpc) is 2.19. The van der Waals surface area contributed by atoms with Crippen LogP contribution in [0.4, 0.5) is 0 Å². The largest absolute Gasteiger partial charge is 0.405 e. The van der Waals surface area contributed by atoms with Crippen LogP contribution in [-0.4, -0.2) is 37.8 Å². The molecule has 3 nitrogen and oxygen atoms in total. The maximum absolute atomic E-state index is 5.33. The molecule has 0 atom stereocenters. The first kappa shape index (κ1) is 16.6. The van der Waals surface area contributed by atoms with E-state index < -0.39 is 0 Å². The zero-order chi connectivity index (χ0) is 12.3. The van der Waals surface area contributed by atoms with Crippen LogP contribution in [0, 0.1) is 5.92 Å². The summed E-state index contributed by atoms with van der Waals surface area (Å²) in [6.07, 6.45) is 3.43. The van der Waals surface area contributed by atoms with E-state index in [0.29, 0.717) is 5.92 Å². The Morgan fingerprint density at radius 1 is 1.33 bits per heavy atom. The Morgan fingerprint density at radius 3 is 2.20 bits per heavy atom. The molecule has 15 heavy (non-hydrogen) atoms. The Kier molecular flexibility index (Phi) is 12.4. The van der Waals surface area contributed by atoms with E-state index in [1.54, 1.807) is 6.20 Å². The van der Waals surface area contributed by atoms with Crippen molar-refractivity contribution in [3.63, 3.8) is 0 Å². The minimum atomic E-state index is 0.446. The molecule has 0 unspecified atom stereocenters. The molecule has 0 aliphatic rings. The van der Waals surface area contributed by atoms with Crippen LogP contribution in [0.5, 0.6) is 0 Å². The summed E-state index contributed by atoms with van der Waals surface area (Å²) in [5, 5.41) is 0. The number of aliphatic imine (C=N–C) groups is 1. The van der Waals surface area contributed by atoms with Crippen LogP contribution in [0.3, 0.4) is 0 Å². The summed E-state index contributed by atoms with van der Waals surface area (Å²) in [7, 11) is 4.09. The van der Waals surface area contributed by atoms with Crippen LogP contribution in [0.25, 0.3) is 0 Å². The summed E-state index contributed by atoms with van der Waals surface area (Å²) in [5.74, 6) is 0.446. The Hall–Kier alpha value is -0.830. The Bertz CT molecular complexity index is 181. The lowest BCUT2D eigenvalue weighted by atomic mass is 10.1. The first-order valence-corrected chi connectivity index (χ1v) is 5.65. The predicted molar refractivity (Wildman–Crippen MR) is 70.4 cm³/mol. The van der Waals surface area contributed by atoms with Gasteiger partial charge in [0.2, 0.25) is 0 Å². The summed E-state index contributed by atoms with van der Waals surface area (Å²) < 4.78 is 0. The van der Waals surface area contributed by atoms with Crippen molar-refractivity contribution in [2.45, 2.75) is 27.7 Å². The molecule has 90 valence electrons. The number of hydrogen-bond donors (Lipinski definition) is 1. The quantitative estimate of drug-likeness (QED) is 0.711. The molecule has 0 fully saturated rings. The van der Waals surface area contributed by atoms with Gasteiger partial charge in [-0.1, -0.05) is 27.7 Å². The van der Waals surface area contributed by atoms with E-state index >= 15 is 0 Å². The normalized spacial score (nSPS) is 12.1. The fraction of sp³-hybridized carbons (Fsp3) is 0.750. The van der Waals surface area contributed by atoms with Gasteiger partial charge in [-0.2, -0.15) is 0 Å². The molecule has 0 rings (SSSR count). The minimum Gasteiger partial charge on any atom is -0.405 e. The maximum Gasteiger partial charge on any atom is 0.0519 e. The van der Waals surface area contributed by atoms with E-state index in [2.05, 4.69) is 23.7 Å². The van der Waals surface area contributed by atoms with Crippen molar-refractivity contribution < 1.29 is 0 Å². The van der Waals surface area contributed by atoms with Gasteiger partial charge < -0.3 is 10.6 Å². The van der Waals surface area contributed by atoms with Gasteiger partial charge in [0.1, 0.15) is 0 Å². The van der Waals surface area contributed by atoms with Gasteiger partial charge in [-0.05, 0) is 32.3 Å². The molecule has 3 heteroatoms. The predicted octanol–water partition coefficient (Wildman–Crippen LogP) is 2.14. The lowest BCUT2D eigenvalue weighted by Crippen LogP contribution is -2.17. The summed E-state index contributed by atoms with van der Waals surface area (Å²) in [6, 6.07) is 0. The number of nitrogens with two attached hydrogens (primary N) is 1. The zero-order valence-corrected chi connectivity index (χ0v) is 11.1. The van der Waals surface area contributed by atoms with E-state index in [4.69, 9.17) is 5.73 Å². The van der Waals surface area contributed by atoms with Gasteiger partial charge in [0, 0.05) is 12.3 Å². The van der Waals surface area contributed by atoms with E-state index in [-0.39, 0.29) is 0 Å². The summed E-state index contributed by atoms with van der Waals surface area (Å²) in [4.78, 5) is 6.58. The second kappa shape index (κ2) is 11.2. The number of hydrogen-bond acceptors (Lipinski definition) is 3. The van der Waals surface area contributed by atoms with Crippen LogP contribution in [-0.2, 0) is 0 Å². The van der Waals surface area contributed by atoms with Crippen molar-refractivity contribution in [3.05, 3.63) is 12.3 Å². The summed E-state index contributed by atoms with van der Waals surface area (Å²) in [6.45, 7) is 10.1. The molecular formula is C12H27N3. The highest BCUT2D eigenvalue weighted by Crippen LogP contribution is 1.98. The van der Waals surface area contributed by atoms with Gasteiger partial charge in [-0.3, -0.25) is 4.99 Å². The Morgan fingerprint density at radius 2 is 1.87 bits per heavy atom. The van der Waals surface area contributed by atoms with Crippen LogP contribution in [0.1, 0.15) is 27.7 Å². The molecule has 0 saturated heterocycles. The second-order valence-corrected chi connectivity index (χ2v) is 3.62. The first-order valence-electron chi connectivity index (χ1n) is 5.65. The molecule has 0 aliphatic heterocycles. The molecular weight excluding hydrogens is 186 g/mol. The number of rotatable bonds is 5. The van der Waals surface area contributed by atoms with Crippen LogP contribution in [0.15, 0.2) is 17.3 Å². The lowest BCUT2D eigenvalue weighted by Gasteiger charge is -2.08. The third-order valence-electron chi connectivity index (χ3n) is 1.70. The third-order valence-corrected chi connectivity index (χ3v) is 1.70. The molecule has 0 aliphatic carbocycles. The van der Waals surface area contributed by atoms with Gasteiger partial charge in [0.25, 0.3) is 0 Å². The van der Waals surface area contributed by atoms with Crippen molar-refractivity contribution in [3.8, 4) is 0 Å². The van der Waals surface area contributed by atoms with E-state index in [1.165, 1.54) is 0 Å². The molecule has 0 amide bonds. The molecule has 0 aromatic rings. The molecule has 0 aromatic carbocycles. The van der Waals surface area contributed by atoms with Crippen molar-refractivity contribution in [2.75, 3.05) is 27.2 Å². The number of allylic oxidation sites excluding steroid dienone is 1. The average molecular weight is 213 g/mol. The fourth-order valence-electron chi connectivity index (χ4n) is 0.905. The zero-order valence-electron chi connectivity index (χ0n) is 11.1. The van der Waals surface area contributed by atoms with Gasteiger partial charge >= 0.3 is 0 Å². The SMILES string of the molecule is CC.CC(C)C(/C=C\N)=NCCN(C)C. The summed E-state index contributed by atoms with van der Waals surface area (Å²) in [5.41, 5.74) is 6.40. The Balaban J connectivity index is 0. The lowest BCUT2D eigenvalue weighted by molar-refractivity contribution is 0.420. The van der Waals surface area contributed by atoms with Crippen molar-refractivity contribution in [1.29, 1.82) is 0 Å². The van der Waals surface area contributed by atoms with Crippen molar-refractivity contribution >= 4 is 5.71 Å². The highest BCUT2D eigenvalue weighted by molar-refractivity contribution is 5.96. The second-order valence-electron chi connectivity index (χ2n) is 3.62. The molecule has 0 aromatic heterocycles. The van der Waals surface area contributed by atoms with Crippen LogP contribution in [0.2, 0.25) is 0 Å². The maximum atomic E-state index is 5.33. The fourth-order valence-corrected chi connectivity index (χ4v) is 0.905. The standard InChI is InChI=1S/C10H21N3.C2H6/c1-9(2)10(5-6-11)12-7-8-13(3)4;1-2/h5-6,9H,7-8,11H2,1-4H3;1-2H3/b6-5-,12-10?;. The van der Waals surface area contributed by atoms with E-state index in [1.807, 2.05) is 34.0 Å². The van der Waals surface area contributed by atoms with Crippen molar-refractivity contribution in [1.82, 2.24) is 4.90 Å². The van der Waals surface area contributed by atoms with Gasteiger partial charge in [-0.25, -0.2) is 0 Å². The molecule has 0 spiro atoms. The topological polar surface area (TPSA) is 41.6 Å². The molecule has 2 N–H and O–H groups in total. The van der Waals surface area contributed by atoms with Gasteiger partial charge in [-0.15, -0.1) is 0 Å². The van der Waals surface area contributed by atoms with Crippen LogP contribution >= 0.6 is 0 Å². The molecule has 0 saturated carbocycles. The van der Waals surface area contributed by atoms with E-state index in [0.717, 1.165) is 18.8 Å². The Labute approximate surface area is 95.1 Å². The van der Waals surface area contributed by atoms with Gasteiger partial charge in [0.15, 0.2) is 0 Å². The third kappa shape index (κ3) is 11.1. The smallest absolute Gasteiger partial charge is 0.0519 e. The van der Waals surface area contributed by atoms with Crippen molar-refractivity contribution in [2.24, 2.45) is 16.6 Å². The number of nitrogens with zero attached hydrogens (tertiary/aromatic N) is 2. The molecule has 0 bridgehead atoms. The molecule has 0 heterocycles. The first-order chi connectivity index (χ1) is 7.07. The highest BCUT2D eigenvalue weighted by atomic mass is 15.1. The van der Waals surface area contributed by atoms with Crippen LogP contribution < -0.4 is 5.73 Å². The highest BCUT2D eigenvalue weighted by Gasteiger charge is 1.99. The number of likely N-dealkylation sites (N-methyl/N-ethyl adjacent to an activating group) is 1.